The second kappa shape index (κ2) is 6.20. The molecule has 0 aliphatic heterocycles. The van der Waals surface area contributed by atoms with Crippen molar-refractivity contribution in [3.8, 4) is 0 Å². The maximum absolute atomic E-state index is 11.6. The van der Waals surface area contributed by atoms with Crippen LogP contribution in [-0.4, -0.2) is 49.9 Å². The summed E-state index contributed by atoms with van der Waals surface area (Å²) < 4.78 is 61.6. The topological polar surface area (TPSA) is 80.7 Å². The fourth-order valence-electron chi connectivity index (χ4n) is 0.880. The molecule has 0 aromatic carbocycles. The lowest BCUT2D eigenvalue weighted by Crippen LogP contribution is -2.29. The van der Waals surface area contributed by atoms with Crippen molar-refractivity contribution in [3.63, 3.8) is 0 Å². The van der Waals surface area contributed by atoms with E-state index < -0.39 is 39.6 Å². The van der Waals surface area contributed by atoms with Crippen molar-refractivity contribution in [2.24, 2.45) is 0 Å². The second-order valence-corrected chi connectivity index (χ2v) is 5.81. The molecule has 1 unspecified atom stereocenters. The van der Waals surface area contributed by atoms with Crippen LogP contribution in [0.15, 0.2) is 0 Å². The number of hydrogen-bond donors (Lipinski definition) is 1. The van der Waals surface area contributed by atoms with E-state index in [0.29, 0.717) is 0 Å². The molecular formula is C8H13F3O5S. The first-order valence-corrected chi connectivity index (χ1v) is 6.36. The first-order valence-electron chi connectivity index (χ1n) is 4.65. The van der Waals surface area contributed by atoms with Gasteiger partial charge in [-0.05, 0) is 13.3 Å². The molecule has 0 rings (SSSR count). The zero-order valence-corrected chi connectivity index (χ0v) is 9.84. The van der Waals surface area contributed by atoms with Crippen molar-refractivity contribution in [1.29, 1.82) is 0 Å². The van der Waals surface area contributed by atoms with E-state index in [-0.39, 0.29) is 13.0 Å². The van der Waals surface area contributed by atoms with Gasteiger partial charge in [0, 0.05) is 6.61 Å². The second-order valence-electron chi connectivity index (χ2n) is 3.37. The Labute approximate surface area is 96.5 Å². The van der Waals surface area contributed by atoms with Gasteiger partial charge in [0.1, 0.15) is 6.61 Å². The molecule has 0 fully saturated rings. The summed E-state index contributed by atoms with van der Waals surface area (Å²) in [4.78, 5) is 10.4. The molecule has 0 aliphatic carbocycles. The summed E-state index contributed by atoms with van der Waals surface area (Å²) in [7, 11) is -3.84. The van der Waals surface area contributed by atoms with Gasteiger partial charge in [0.25, 0.3) is 0 Å². The third kappa shape index (κ3) is 7.16. The molecule has 0 amide bonds. The smallest absolute Gasteiger partial charge is 0.411 e. The Kier molecular flexibility index (Phi) is 5.89. The highest BCUT2D eigenvalue weighted by Crippen LogP contribution is 2.14. The van der Waals surface area contributed by atoms with Crippen molar-refractivity contribution in [2.45, 2.75) is 24.8 Å². The number of alkyl halides is 3. The standard InChI is InChI=1S/C8H13F3O5S/c1-6(7(12)13)17(14,15)4-2-3-16-5-8(9,10)11/h6H,2-5H2,1H3,(H,12,13). The Morgan fingerprint density at radius 1 is 1.41 bits per heavy atom. The number of aliphatic carboxylic acids is 1. The highest BCUT2D eigenvalue weighted by atomic mass is 32.2. The van der Waals surface area contributed by atoms with E-state index in [0.717, 1.165) is 6.92 Å². The summed E-state index contributed by atoms with van der Waals surface area (Å²) in [6, 6.07) is 0. The van der Waals surface area contributed by atoms with Crippen LogP contribution in [0.2, 0.25) is 0 Å². The molecule has 102 valence electrons. The van der Waals surface area contributed by atoms with Gasteiger partial charge in [-0.1, -0.05) is 0 Å². The third-order valence-electron chi connectivity index (χ3n) is 1.87. The lowest BCUT2D eigenvalue weighted by molar-refractivity contribution is -0.173. The van der Waals surface area contributed by atoms with Gasteiger partial charge in [-0.15, -0.1) is 0 Å². The summed E-state index contributed by atoms with van der Waals surface area (Å²) in [5, 5.41) is 6.90. The Hall–Kier alpha value is -0.830. The lowest BCUT2D eigenvalue weighted by atomic mass is 10.5. The molecule has 0 aliphatic rings. The molecule has 0 heterocycles. The zero-order valence-electron chi connectivity index (χ0n) is 9.03. The number of carboxylic acid groups (broad SMARTS) is 1. The van der Waals surface area contributed by atoms with Gasteiger partial charge in [-0.25, -0.2) is 8.42 Å². The van der Waals surface area contributed by atoms with Crippen LogP contribution < -0.4 is 0 Å². The van der Waals surface area contributed by atoms with E-state index in [4.69, 9.17) is 5.11 Å². The summed E-state index contributed by atoms with van der Waals surface area (Å²) >= 11 is 0. The minimum atomic E-state index is -4.45. The normalized spacial score (nSPS) is 14.6. The van der Waals surface area contributed by atoms with Gasteiger partial charge in [0.2, 0.25) is 0 Å². The Morgan fingerprint density at radius 2 is 1.94 bits per heavy atom. The molecule has 0 saturated heterocycles. The van der Waals surface area contributed by atoms with Crippen LogP contribution in [0.4, 0.5) is 13.2 Å². The van der Waals surface area contributed by atoms with Crippen molar-refractivity contribution >= 4 is 15.8 Å². The number of hydrogen-bond acceptors (Lipinski definition) is 4. The molecule has 0 aromatic heterocycles. The first-order chi connectivity index (χ1) is 7.56. The highest BCUT2D eigenvalue weighted by molar-refractivity contribution is 7.92. The Balaban J connectivity index is 3.94. The molecule has 0 radical (unpaired) electrons. The fourth-order valence-corrected chi connectivity index (χ4v) is 2.06. The summed E-state index contributed by atoms with van der Waals surface area (Å²) in [5.41, 5.74) is 0. The number of carbonyl (C=O) groups is 1. The number of ether oxygens (including phenoxy) is 1. The van der Waals surface area contributed by atoms with Crippen LogP contribution in [0.25, 0.3) is 0 Å². The van der Waals surface area contributed by atoms with Crippen LogP contribution in [0.5, 0.6) is 0 Å². The zero-order chi connectivity index (χ0) is 13.7. The quantitative estimate of drug-likeness (QED) is 0.698. The van der Waals surface area contributed by atoms with E-state index in [2.05, 4.69) is 4.74 Å². The van der Waals surface area contributed by atoms with Gasteiger partial charge >= 0.3 is 12.1 Å². The van der Waals surface area contributed by atoms with Crippen LogP contribution in [0, 0.1) is 0 Å². The Bertz CT molecular complexity index is 349. The van der Waals surface area contributed by atoms with Gasteiger partial charge in [0.05, 0.1) is 5.75 Å². The monoisotopic (exact) mass is 278 g/mol. The number of halogens is 3. The number of carboxylic acids is 1. The largest absolute Gasteiger partial charge is 0.480 e. The van der Waals surface area contributed by atoms with E-state index >= 15 is 0 Å². The van der Waals surface area contributed by atoms with Crippen LogP contribution in [0.3, 0.4) is 0 Å². The van der Waals surface area contributed by atoms with E-state index in [1.807, 2.05) is 0 Å². The van der Waals surface area contributed by atoms with Gasteiger partial charge in [-0.2, -0.15) is 13.2 Å². The molecule has 0 aromatic rings. The van der Waals surface area contributed by atoms with Crippen molar-refractivity contribution in [2.75, 3.05) is 19.0 Å². The molecule has 1 N–H and O–H groups in total. The maximum atomic E-state index is 11.6. The van der Waals surface area contributed by atoms with E-state index in [1.54, 1.807) is 0 Å². The third-order valence-corrected chi connectivity index (χ3v) is 4.01. The minimum Gasteiger partial charge on any atom is -0.480 e. The molecule has 5 nitrogen and oxygen atoms in total. The predicted molar refractivity (Wildman–Crippen MR) is 52.4 cm³/mol. The minimum absolute atomic E-state index is 0.171. The van der Waals surface area contributed by atoms with Gasteiger partial charge in [0.15, 0.2) is 15.1 Å². The average Bonchev–Trinajstić information content (AvgIpc) is 2.13. The number of sulfone groups is 1. The van der Waals surface area contributed by atoms with Crippen molar-refractivity contribution < 1.29 is 36.2 Å². The molecule has 1 atom stereocenters. The molecule has 0 saturated carbocycles. The highest BCUT2D eigenvalue weighted by Gasteiger charge is 2.28. The average molecular weight is 278 g/mol. The SMILES string of the molecule is CC(C(=O)O)S(=O)(=O)CCCOCC(F)(F)F. The summed E-state index contributed by atoms with van der Waals surface area (Å²) in [6.07, 6.45) is -4.62. The fraction of sp³-hybridized carbons (Fsp3) is 0.875. The number of rotatable bonds is 7. The summed E-state index contributed by atoms with van der Waals surface area (Å²) in [5.74, 6) is -2.00. The van der Waals surface area contributed by atoms with E-state index in [1.165, 1.54) is 0 Å². The van der Waals surface area contributed by atoms with Crippen LogP contribution in [0.1, 0.15) is 13.3 Å². The molecule has 17 heavy (non-hydrogen) atoms. The molecular weight excluding hydrogens is 265 g/mol. The Morgan fingerprint density at radius 3 is 2.35 bits per heavy atom. The lowest BCUT2D eigenvalue weighted by Gasteiger charge is -2.09. The summed E-state index contributed by atoms with van der Waals surface area (Å²) in [6.45, 7) is -0.819. The molecule has 0 spiro atoms. The van der Waals surface area contributed by atoms with Crippen LogP contribution >= 0.6 is 0 Å². The molecule has 0 bridgehead atoms. The van der Waals surface area contributed by atoms with E-state index in [9.17, 15) is 26.4 Å². The van der Waals surface area contributed by atoms with Crippen molar-refractivity contribution in [1.82, 2.24) is 0 Å². The predicted octanol–water partition coefficient (Wildman–Crippen LogP) is 0.843. The molecule has 9 heteroatoms. The van der Waals surface area contributed by atoms with Crippen LogP contribution in [-0.2, 0) is 19.4 Å². The van der Waals surface area contributed by atoms with Gasteiger partial charge < -0.3 is 9.84 Å². The maximum Gasteiger partial charge on any atom is 0.411 e. The van der Waals surface area contributed by atoms with Gasteiger partial charge in [-0.3, -0.25) is 4.79 Å². The first kappa shape index (κ1) is 16.2. The van der Waals surface area contributed by atoms with Crippen molar-refractivity contribution in [3.05, 3.63) is 0 Å².